The Hall–Kier alpha value is -3.23. The minimum Gasteiger partial charge on any atom is -0.493 e. The Morgan fingerprint density at radius 3 is 2.14 bits per heavy atom. The van der Waals surface area contributed by atoms with Crippen molar-refractivity contribution in [1.29, 1.82) is 0 Å². The predicted octanol–water partition coefficient (Wildman–Crippen LogP) is 4.15. The van der Waals surface area contributed by atoms with Gasteiger partial charge in [-0.1, -0.05) is 6.92 Å². The van der Waals surface area contributed by atoms with Gasteiger partial charge in [0.2, 0.25) is 0 Å². The Kier molecular flexibility index (Phi) is 6.58. The van der Waals surface area contributed by atoms with Gasteiger partial charge in [0.1, 0.15) is 5.82 Å². The van der Waals surface area contributed by atoms with Crippen LogP contribution in [0.5, 0.6) is 23.0 Å². The second-order valence-electron chi connectivity index (χ2n) is 8.87. The molecule has 2 aromatic carbocycles. The smallest absolute Gasteiger partial charge is 0.161 e. The molecule has 0 spiro atoms. The van der Waals surface area contributed by atoms with Crippen LogP contribution >= 0.6 is 0 Å². The van der Waals surface area contributed by atoms with E-state index in [0.29, 0.717) is 17.2 Å². The van der Waals surface area contributed by atoms with Crippen molar-refractivity contribution < 1.29 is 23.7 Å². The van der Waals surface area contributed by atoms with Gasteiger partial charge in [0.15, 0.2) is 23.0 Å². The normalized spacial score (nSPS) is 17.1. The molecule has 1 aliphatic heterocycles. The first kappa shape index (κ1) is 23.5. The van der Waals surface area contributed by atoms with Crippen molar-refractivity contribution in [3.05, 3.63) is 35.4 Å². The van der Waals surface area contributed by atoms with Crippen molar-refractivity contribution in [3.63, 3.8) is 0 Å². The quantitative estimate of drug-likeness (QED) is 0.517. The molecule has 1 atom stereocenters. The molecule has 186 valence electrons. The van der Waals surface area contributed by atoms with Crippen molar-refractivity contribution in [3.8, 4) is 34.3 Å². The van der Waals surface area contributed by atoms with Crippen LogP contribution in [-0.4, -0.2) is 77.7 Å². The lowest BCUT2D eigenvalue weighted by Crippen LogP contribution is -2.39. The lowest BCUT2D eigenvalue weighted by Gasteiger charge is -2.26. The van der Waals surface area contributed by atoms with Crippen LogP contribution in [0.4, 0.5) is 5.82 Å². The van der Waals surface area contributed by atoms with E-state index in [2.05, 4.69) is 29.3 Å². The maximum atomic E-state index is 5.67. The summed E-state index contributed by atoms with van der Waals surface area (Å²) < 4.78 is 28.0. The molecule has 1 unspecified atom stereocenters. The number of rotatable bonds is 8. The van der Waals surface area contributed by atoms with Crippen molar-refractivity contribution >= 4 is 16.6 Å². The zero-order valence-electron chi connectivity index (χ0n) is 21.1. The molecule has 2 aliphatic rings. The van der Waals surface area contributed by atoms with Crippen LogP contribution in [0.25, 0.3) is 22.0 Å². The molecule has 0 bridgehead atoms. The SMILES string of the molecule is COc1cc2c(cc1OC)C(C)c1c-2nc(NCCN2CCOCC2)c2cc(OC)c(OC)cc12. The standard InChI is InChI=1S/C27H33N3O5/c1-16-17-12-21(31-2)23(33-4)14-19(17)26-25(16)18-13-22(32-3)24(34-5)15-20(18)27(29-26)28-6-7-30-8-10-35-11-9-30/h12-16H,6-11H2,1-5H3,(H,28,29). The van der Waals surface area contributed by atoms with Gasteiger partial charge in [0, 0.05) is 43.0 Å². The van der Waals surface area contributed by atoms with Gasteiger partial charge in [0.05, 0.1) is 47.3 Å². The summed E-state index contributed by atoms with van der Waals surface area (Å²) >= 11 is 0. The van der Waals surface area contributed by atoms with E-state index in [9.17, 15) is 0 Å². The zero-order chi connectivity index (χ0) is 24.5. The highest BCUT2D eigenvalue weighted by Crippen LogP contribution is 2.52. The van der Waals surface area contributed by atoms with E-state index in [1.807, 2.05) is 12.1 Å². The molecule has 8 heteroatoms. The molecule has 1 N–H and O–H groups in total. The van der Waals surface area contributed by atoms with E-state index >= 15 is 0 Å². The van der Waals surface area contributed by atoms with Gasteiger partial charge in [-0.3, -0.25) is 4.90 Å². The molecular weight excluding hydrogens is 446 g/mol. The van der Waals surface area contributed by atoms with E-state index in [-0.39, 0.29) is 5.92 Å². The number of methoxy groups -OCH3 is 4. The molecule has 0 saturated carbocycles. The Bertz CT molecular complexity index is 1240. The topological polar surface area (TPSA) is 74.3 Å². The Morgan fingerprint density at radius 2 is 1.49 bits per heavy atom. The van der Waals surface area contributed by atoms with Crippen LogP contribution in [0, 0.1) is 0 Å². The lowest BCUT2D eigenvalue weighted by molar-refractivity contribution is 0.0398. The van der Waals surface area contributed by atoms with E-state index in [1.54, 1.807) is 28.4 Å². The van der Waals surface area contributed by atoms with Gasteiger partial charge in [-0.2, -0.15) is 0 Å². The molecule has 0 radical (unpaired) electrons. The number of nitrogens with one attached hydrogen (secondary N) is 1. The average molecular weight is 480 g/mol. The zero-order valence-corrected chi connectivity index (χ0v) is 21.1. The number of ether oxygens (including phenoxy) is 5. The molecule has 1 aromatic heterocycles. The number of morpholine rings is 1. The maximum Gasteiger partial charge on any atom is 0.161 e. The van der Waals surface area contributed by atoms with E-state index in [0.717, 1.165) is 73.0 Å². The summed E-state index contributed by atoms with van der Waals surface area (Å²) in [5, 5.41) is 5.72. The van der Waals surface area contributed by atoms with E-state index in [4.69, 9.17) is 28.7 Å². The molecule has 3 aromatic rings. The summed E-state index contributed by atoms with van der Waals surface area (Å²) in [5.41, 5.74) is 4.37. The summed E-state index contributed by atoms with van der Waals surface area (Å²) in [4.78, 5) is 7.58. The number of anilines is 1. The number of fused-ring (bicyclic) bond motifs is 5. The Labute approximate surface area is 206 Å². The molecule has 1 saturated heterocycles. The Morgan fingerprint density at radius 1 is 0.886 bits per heavy atom. The molecule has 35 heavy (non-hydrogen) atoms. The molecule has 2 heterocycles. The highest BCUT2D eigenvalue weighted by Gasteiger charge is 2.32. The van der Waals surface area contributed by atoms with Crippen LogP contribution in [-0.2, 0) is 4.74 Å². The molecule has 1 aliphatic carbocycles. The number of aromatic nitrogens is 1. The van der Waals surface area contributed by atoms with Crippen LogP contribution in [0.15, 0.2) is 24.3 Å². The molecule has 5 rings (SSSR count). The van der Waals surface area contributed by atoms with Crippen LogP contribution in [0.3, 0.4) is 0 Å². The van der Waals surface area contributed by atoms with Crippen molar-refractivity contribution in [2.75, 3.05) is 73.1 Å². The largest absolute Gasteiger partial charge is 0.493 e. The third kappa shape index (κ3) is 4.10. The summed E-state index contributed by atoms with van der Waals surface area (Å²) in [5.74, 6) is 3.77. The highest BCUT2D eigenvalue weighted by molar-refractivity contribution is 6.02. The second kappa shape index (κ2) is 9.79. The minimum atomic E-state index is 0.135. The summed E-state index contributed by atoms with van der Waals surface area (Å²) in [6.45, 7) is 7.40. The van der Waals surface area contributed by atoms with Crippen LogP contribution in [0.2, 0.25) is 0 Å². The third-order valence-corrected chi connectivity index (χ3v) is 7.08. The van der Waals surface area contributed by atoms with E-state index in [1.165, 1.54) is 11.1 Å². The monoisotopic (exact) mass is 479 g/mol. The molecule has 1 fully saturated rings. The van der Waals surface area contributed by atoms with Gasteiger partial charge in [-0.05, 0) is 40.8 Å². The van der Waals surface area contributed by atoms with Crippen molar-refractivity contribution in [1.82, 2.24) is 9.88 Å². The van der Waals surface area contributed by atoms with Gasteiger partial charge in [-0.15, -0.1) is 0 Å². The average Bonchev–Trinajstić information content (AvgIpc) is 3.18. The summed E-state index contributed by atoms with van der Waals surface area (Å²) in [7, 11) is 6.65. The van der Waals surface area contributed by atoms with E-state index < -0.39 is 0 Å². The fraction of sp³-hybridized carbons (Fsp3) is 0.444. The first-order valence-corrected chi connectivity index (χ1v) is 12.0. The summed E-state index contributed by atoms with van der Waals surface area (Å²) in [6, 6.07) is 8.19. The van der Waals surface area contributed by atoms with Gasteiger partial charge in [0.25, 0.3) is 0 Å². The third-order valence-electron chi connectivity index (χ3n) is 7.08. The molecule has 8 nitrogen and oxygen atoms in total. The fourth-order valence-electron chi connectivity index (χ4n) is 5.21. The highest BCUT2D eigenvalue weighted by atomic mass is 16.5. The summed E-state index contributed by atoms with van der Waals surface area (Å²) in [6.07, 6.45) is 0. The van der Waals surface area contributed by atoms with Crippen molar-refractivity contribution in [2.24, 2.45) is 0 Å². The maximum absolute atomic E-state index is 5.67. The minimum absolute atomic E-state index is 0.135. The number of hydrogen-bond donors (Lipinski definition) is 1. The molecular formula is C27H33N3O5. The van der Waals surface area contributed by atoms with Gasteiger partial charge in [-0.25, -0.2) is 4.98 Å². The molecule has 0 amide bonds. The first-order chi connectivity index (χ1) is 17.1. The second-order valence-corrected chi connectivity index (χ2v) is 8.87. The Balaban J connectivity index is 1.63. The first-order valence-electron chi connectivity index (χ1n) is 12.0. The predicted molar refractivity (Wildman–Crippen MR) is 137 cm³/mol. The number of pyridine rings is 1. The number of hydrogen-bond acceptors (Lipinski definition) is 8. The van der Waals surface area contributed by atoms with Gasteiger partial charge < -0.3 is 29.0 Å². The van der Waals surface area contributed by atoms with Crippen LogP contribution in [0.1, 0.15) is 24.0 Å². The fourth-order valence-corrected chi connectivity index (χ4v) is 5.21. The number of benzene rings is 2. The number of nitrogens with zero attached hydrogens (tertiary/aromatic N) is 2. The van der Waals surface area contributed by atoms with Crippen LogP contribution < -0.4 is 24.3 Å². The van der Waals surface area contributed by atoms with Crippen molar-refractivity contribution in [2.45, 2.75) is 12.8 Å². The lowest BCUT2D eigenvalue weighted by atomic mass is 9.95. The van der Waals surface area contributed by atoms with Gasteiger partial charge >= 0.3 is 0 Å².